The van der Waals surface area contributed by atoms with Gasteiger partial charge in [0.25, 0.3) is 11.6 Å². The number of carbonyl (C=O) groups excluding carboxylic acids is 1. The summed E-state index contributed by atoms with van der Waals surface area (Å²) in [4.78, 5) is 22.6. The number of hydrogen-bond donors (Lipinski definition) is 1. The van der Waals surface area contributed by atoms with Crippen LogP contribution in [0.2, 0.25) is 0 Å². The monoisotopic (exact) mass is 513 g/mol. The number of allylic oxidation sites excluding steroid dienone is 1. The van der Waals surface area contributed by atoms with Crippen LogP contribution in [0, 0.1) is 10.1 Å². The molecule has 0 spiro atoms. The highest BCUT2D eigenvalue weighted by Crippen LogP contribution is 2.34. The summed E-state index contributed by atoms with van der Waals surface area (Å²) in [7, 11) is 1.45. The molecule has 1 N–H and O–H groups in total. The maximum atomic E-state index is 12.9. The van der Waals surface area contributed by atoms with Crippen LogP contribution >= 0.6 is 0 Å². The van der Waals surface area contributed by atoms with Crippen molar-refractivity contribution >= 4 is 17.8 Å². The topological polar surface area (TPSA) is 103 Å². The Morgan fingerprint density at radius 1 is 1.16 bits per heavy atom. The van der Waals surface area contributed by atoms with Crippen LogP contribution in [-0.2, 0) is 19.2 Å². The summed E-state index contributed by atoms with van der Waals surface area (Å²) in [5.41, 5.74) is 2.99. The van der Waals surface area contributed by atoms with Gasteiger partial charge in [0.2, 0.25) is 0 Å². The lowest BCUT2D eigenvalue weighted by Crippen LogP contribution is -2.18. The van der Waals surface area contributed by atoms with Gasteiger partial charge in [0.1, 0.15) is 6.61 Å². The molecule has 0 aromatic heterocycles. The second-order valence-electron chi connectivity index (χ2n) is 7.69. The summed E-state index contributed by atoms with van der Waals surface area (Å²) < 4.78 is 50.1. The number of halogens is 3. The minimum Gasteiger partial charge on any atom is -0.493 e. The van der Waals surface area contributed by atoms with E-state index in [-0.39, 0.29) is 17.9 Å². The highest BCUT2D eigenvalue weighted by Gasteiger charge is 2.30. The number of hydrazone groups is 1. The van der Waals surface area contributed by atoms with Gasteiger partial charge in [-0.2, -0.15) is 18.3 Å². The van der Waals surface area contributed by atoms with Crippen LogP contribution in [0.1, 0.15) is 32.6 Å². The van der Waals surface area contributed by atoms with Crippen molar-refractivity contribution in [3.63, 3.8) is 0 Å². The zero-order chi connectivity index (χ0) is 27.0. The molecule has 0 fully saturated rings. The molecule has 0 saturated heterocycles. The Balaban J connectivity index is 1.76. The summed E-state index contributed by atoms with van der Waals surface area (Å²) in [5, 5.41) is 14.7. The van der Waals surface area contributed by atoms with Crippen molar-refractivity contribution in [2.75, 3.05) is 7.11 Å². The lowest BCUT2D eigenvalue weighted by Gasteiger charge is -2.16. The zero-order valence-corrected chi connectivity index (χ0v) is 19.6. The molecule has 0 atom stereocenters. The minimum absolute atomic E-state index is 0.0301. The largest absolute Gasteiger partial charge is 0.493 e. The van der Waals surface area contributed by atoms with Gasteiger partial charge in [0, 0.05) is 23.3 Å². The van der Waals surface area contributed by atoms with E-state index in [0.29, 0.717) is 34.6 Å². The molecule has 192 valence electrons. The normalized spacial score (nSPS) is 11.2. The molecule has 0 bridgehead atoms. The van der Waals surface area contributed by atoms with Gasteiger partial charge in [0.15, 0.2) is 11.5 Å². The molecule has 11 heteroatoms. The number of carbonyl (C=O) groups is 1. The van der Waals surface area contributed by atoms with Crippen LogP contribution in [0.25, 0.3) is 0 Å². The van der Waals surface area contributed by atoms with Crippen molar-refractivity contribution in [2.24, 2.45) is 5.10 Å². The first-order chi connectivity index (χ1) is 17.6. The fourth-order valence-corrected chi connectivity index (χ4v) is 3.32. The lowest BCUT2D eigenvalue weighted by atomic mass is 10.1. The maximum absolute atomic E-state index is 12.9. The Kier molecular flexibility index (Phi) is 8.62. The molecule has 8 nitrogen and oxygen atoms in total. The number of methoxy groups -OCH3 is 1. The number of nitro groups is 1. The number of nitro benzene ring substituents is 1. The minimum atomic E-state index is -4.57. The highest BCUT2D eigenvalue weighted by atomic mass is 19.4. The SMILES string of the molecule is C=CCc1cc(/C=N\NC(=O)c2cccc(C(F)(F)F)c2)cc(OC)c1OCc1ccc([N+](=O)[O-])cc1. The van der Waals surface area contributed by atoms with Crippen molar-refractivity contribution < 1.29 is 32.4 Å². The van der Waals surface area contributed by atoms with E-state index < -0.39 is 22.6 Å². The van der Waals surface area contributed by atoms with E-state index in [1.165, 1.54) is 31.5 Å². The van der Waals surface area contributed by atoms with Crippen molar-refractivity contribution in [1.82, 2.24) is 5.43 Å². The Hall–Kier alpha value is -4.67. The number of ether oxygens (including phenoxy) is 2. The van der Waals surface area contributed by atoms with Gasteiger partial charge in [-0.1, -0.05) is 12.1 Å². The molecule has 3 rings (SSSR count). The molecule has 0 saturated carbocycles. The third-order valence-corrected chi connectivity index (χ3v) is 5.10. The molecular weight excluding hydrogens is 491 g/mol. The lowest BCUT2D eigenvalue weighted by molar-refractivity contribution is -0.384. The van der Waals surface area contributed by atoms with Crippen LogP contribution in [0.3, 0.4) is 0 Å². The van der Waals surface area contributed by atoms with E-state index in [4.69, 9.17) is 9.47 Å². The van der Waals surface area contributed by atoms with Gasteiger partial charge in [-0.3, -0.25) is 14.9 Å². The van der Waals surface area contributed by atoms with Crippen molar-refractivity contribution in [3.8, 4) is 11.5 Å². The van der Waals surface area contributed by atoms with Crippen LogP contribution in [0.5, 0.6) is 11.5 Å². The van der Waals surface area contributed by atoms with Gasteiger partial charge in [-0.15, -0.1) is 6.58 Å². The van der Waals surface area contributed by atoms with Gasteiger partial charge in [0.05, 0.1) is 23.8 Å². The summed E-state index contributed by atoms with van der Waals surface area (Å²) in [6, 6.07) is 13.3. The van der Waals surface area contributed by atoms with E-state index in [2.05, 4.69) is 17.1 Å². The van der Waals surface area contributed by atoms with Crippen LogP contribution in [0.15, 0.2) is 78.4 Å². The number of alkyl halides is 3. The molecule has 3 aromatic rings. The fraction of sp³-hybridized carbons (Fsp3) is 0.154. The van der Waals surface area contributed by atoms with Crippen LogP contribution < -0.4 is 14.9 Å². The Labute approximate surface area is 210 Å². The quantitative estimate of drug-likeness (QED) is 0.162. The number of nitrogens with zero attached hydrogens (tertiary/aromatic N) is 2. The Morgan fingerprint density at radius 3 is 2.51 bits per heavy atom. The van der Waals surface area contributed by atoms with Gasteiger partial charge >= 0.3 is 6.18 Å². The molecule has 0 heterocycles. The first-order valence-corrected chi connectivity index (χ1v) is 10.8. The second-order valence-corrected chi connectivity index (χ2v) is 7.69. The van der Waals surface area contributed by atoms with E-state index >= 15 is 0 Å². The summed E-state index contributed by atoms with van der Waals surface area (Å²) in [5.74, 6) is 0.00139. The molecule has 0 aliphatic rings. The number of rotatable bonds is 10. The summed E-state index contributed by atoms with van der Waals surface area (Å²) in [6.07, 6.45) is -1.19. The predicted octanol–water partition coefficient (Wildman–Crippen LogP) is 5.69. The van der Waals surface area contributed by atoms with Crippen molar-refractivity contribution in [3.05, 3.63) is 111 Å². The molecule has 37 heavy (non-hydrogen) atoms. The van der Waals surface area contributed by atoms with E-state index in [0.717, 1.165) is 18.2 Å². The van der Waals surface area contributed by atoms with Crippen LogP contribution in [0.4, 0.5) is 18.9 Å². The molecule has 3 aromatic carbocycles. The molecule has 0 radical (unpaired) electrons. The Morgan fingerprint density at radius 2 is 1.89 bits per heavy atom. The van der Waals surface area contributed by atoms with Crippen molar-refractivity contribution in [2.45, 2.75) is 19.2 Å². The van der Waals surface area contributed by atoms with Gasteiger partial charge < -0.3 is 9.47 Å². The average Bonchev–Trinajstić information content (AvgIpc) is 2.87. The molecule has 1 amide bonds. The maximum Gasteiger partial charge on any atom is 0.416 e. The number of nitrogens with one attached hydrogen (secondary N) is 1. The molecular formula is C26H22F3N3O5. The molecule has 0 aliphatic carbocycles. The van der Waals surface area contributed by atoms with E-state index in [1.54, 1.807) is 30.3 Å². The van der Waals surface area contributed by atoms with E-state index in [9.17, 15) is 28.1 Å². The van der Waals surface area contributed by atoms with Crippen molar-refractivity contribution in [1.29, 1.82) is 0 Å². The number of amides is 1. The molecule has 0 unspecified atom stereocenters. The first-order valence-electron chi connectivity index (χ1n) is 10.8. The predicted molar refractivity (Wildman–Crippen MR) is 131 cm³/mol. The van der Waals surface area contributed by atoms with Gasteiger partial charge in [-0.25, -0.2) is 5.43 Å². The third kappa shape index (κ3) is 7.17. The number of hydrogen-bond acceptors (Lipinski definition) is 6. The number of benzene rings is 3. The number of non-ortho nitro benzene ring substituents is 1. The standard InChI is InChI=1S/C26H22F3N3O5/c1-3-5-19-12-18(15-30-31-25(33)20-6-4-7-21(14-20)26(27,28)29)13-23(36-2)24(19)37-16-17-8-10-22(11-9-17)32(34)35/h3-4,6-15H,1,5,16H2,2H3,(H,31,33)/b30-15-. The summed E-state index contributed by atoms with van der Waals surface area (Å²) >= 11 is 0. The average molecular weight is 513 g/mol. The second kappa shape index (κ2) is 11.8. The summed E-state index contributed by atoms with van der Waals surface area (Å²) in [6.45, 7) is 3.86. The fourth-order valence-electron chi connectivity index (χ4n) is 3.32. The van der Waals surface area contributed by atoms with E-state index in [1.807, 2.05) is 0 Å². The third-order valence-electron chi connectivity index (χ3n) is 5.10. The first kappa shape index (κ1) is 26.9. The zero-order valence-electron chi connectivity index (χ0n) is 19.6. The Bertz CT molecular complexity index is 1320. The van der Waals surface area contributed by atoms with Crippen LogP contribution in [-0.4, -0.2) is 24.2 Å². The van der Waals surface area contributed by atoms with Gasteiger partial charge in [-0.05, 0) is 60.0 Å². The highest BCUT2D eigenvalue weighted by molar-refractivity contribution is 5.95. The molecule has 0 aliphatic heterocycles. The smallest absolute Gasteiger partial charge is 0.416 e.